The highest BCUT2D eigenvalue weighted by Crippen LogP contribution is 2.22. The number of halogens is 1. The number of anilines is 1. The number of likely N-dealkylation sites (tertiary alicyclic amines) is 1. The molecule has 31 heavy (non-hydrogen) atoms. The summed E-state index contributed by atoms with van der Waals surface area (Å²) in [6.07, 6.45) is 1.84. The van der Waals surface area contributed by atoms with Crippen molar-refractivity contribution in [2.24, 2.45) is 10.7 Å². The Morgan fingerprint density at radius 1 is 1.16 bits per heavy atom. The van der Waals surface area contributed by atoms with E-state index in [-0.39, 0.29) is 17.8 Å². The first kappa shape index (κ1) is 23.3. The summed E-state index contributed by atoms with van der Waals surface area (Å²) in [5.74, 6) is 0.243. The summed E-state index contributed by atoms with van der Waals surface area (Å²) in [7, 11) is 1.73. The van der Waals surface area contributed by atoms with Gasteiger partial charge in [0, 0.05) is 58.9 Å². The van der Waals surface area contributed by atoms with E-state index in [1.165, 1.54) is 0 Å². The van der Waals surface area contributed by atoms with E-state index in [4.69, 9.17) is 5.73 Å². The van der Waals surface area contributed by atoms with E-state index >= 15 is 0 Å². The normalized spacial score (nSPS) is 19.5. The highest BCUT2D eigenvalue weighted by Gasteiger charge is 2.21. The predicted molar refractivity (Wildman–Crippen MR) is 123 cm³/mol. The van der Waals surface area contributed by atoms with Gasteiger partial charge < -0.3 is 26.2 Å². The zero-order valence-electron chi connectivity index (χ0n) is 18.7. The average Bonchev–Trinajstić information content (AvgIpc) is 2.77. The number of rotatable bonds is 7. The molecule has 1 aromatic rings. The zero-order valence-corrected chi connectivity index (χ0v) is 18.7. The third-order valence-electron chi connectivity index (χ3n) is 6.16. The number of guanidine groups is 1. The number of primary amides is 1. The first-order valence-corrected chi connectivity index (χ1v) is 11.2. The van der Waals surface area contributed by atoms with Crippen LogP contribution in [0.4, 0.5) is 10.1 Å². The van der Waals surface area contributed by atoms with Crippen LogP contribution in [0, 0.1) is 5.82 Å². The maximum absolute atomic E-state index is 14.8. The molecule has 172 valence electrons. The van der Waals surface area contributed by atoms with E-state index in [9.17, 15) is 9.18 Å². The second kappa shape index (κ2) is 11.3. The van der Waals surface area contributed by atoms with E-state index in [1.54, 1.807) is 13.1 Å². The van der Waals surface area contributed by atoms with Crippen molar-refractivity contribution in [3.8, 4) is 0 Å². The minimum Gasteiger partial charge on any atom is -0.369 e. The summed E-state index contributed by atoms with van der Waals surface area (Å²) in [5.41, 5.74) is 6.84. The predicted octanol–water partition coefficient (Wildman–Crippen LogP) is 0.582. The fourth-order valence-corrected chi connectivity index (χ4v) is 4.25. The van der Waals surface area contributed by atoms with Crippen LogP contribution in [0.1, 0.15) is 25.3 Å². The fourth-order valence-electron chi connectivity index (χ4n) is 4.25. The summed E-state index contributed by atoms with van der Waals surface area (Å²) in [6.45, 7) is 9.35. The van der Waals surface area contributed by atoms with Gasteiger partial charge in [-0.05, 0) is 37.1 Å². The number of benzene rings is 1. The van der Waals surface area contributed by atoms with Crippen LogP contribution in [0.5, 0.6) is 0 Å². The highest BCUT2D eigenvalue weighted by atomic mass is 19.1. The molecule has 4 N–H and O–H groups in total. The Labute approximate surface area is 184 Å². The molecule has 2 heterocycles. The molecule has 9 heteroatoms. The SMILES string of the molecule is CCN1CCN(c2ccc(CNC(=NC)NC3CCN(CC(N)=O)CC3)cc2F)CC1. The van der Waals surface area contributed by atoms with Gasteiger partial charge in [0.15, 0.2) is 5.96 Å². The number of nitrogens with two attached hydrogens (primary N) is 1. The van der Waals surface area contributed by atoms with Gasteiger partial charge in [-0.1, -0.05) is 13.0 Å². The van der Waals surface area contributed by atoms with Crippen molar-refractivity contribution in [1.29, 1.82) is 0 Å². The molecule has 2 aliphatic rings. The van der Waals surface area contributed by atoms with Crippen molar-refractivity contribution < 1.29 is 9.18 Å². The van der Waals surface area contributed by atoms with Gasteiger partial charge in [0.25, 0.3) is 0 Å². The second-order valence-corrected chi connectivity index (χ2v) is 8.29. The minimum atomic E-state index is -0.287. The summed E-state index contributed by atoms with van der Waals surface area (Å²) in [5, 5.41) is 6.71. The van der Waals surface area contributed by atoms with Crippen molar-refractivity contribution >= 4 is 17.6 Å². The van der Waals surface area contributed by atoms with Crippen molar-refractivity contribution in [3.63, 3.8) is 0 Å². The number of carbonyl (C=O) groups excluding carboxylic acids is 1. The number of nitrogens with one attached hydrogen (secondary N) is 2. The van der Waals surface area contributed by atoms with E-state index in [0.29, 0.717) is 24.7 Å². The average molecular weight is 434 g/mol. The smallest absolute Gasteiger partial charge is 0.231 e. The molecule has 0 aliphatic carbocycles. The van der Waals surface area contributed by atoms with E-state index in [2.05, 4.69) is 37.2 Å². The van der Waals surface area contributed by atoms with Crippen molar-refractivity contribution in [1.82, 2.24) is 20.4 Å². The number of hydrogen-bond acceptors (Lipinski definition) is 5. The quantitative estimate of drug-likeness (QED) is 0.431. The molecule has 8 nitrogen and oxygen atoms in total. The maximum Gasteiger partial charge on any atom is 0.231 e. The first-order valence-electron chi connectivity index (χ1n) is 11.2. The molecule has 1 amide bonds. The molecule has 2 aliphatic heterocycles. The number of carbonyl (C=O) groups is 1. The molecule has 0 aromatic heterocycles. The molecule has 2 fully saturated rings. The molecule has 1 aromatic carbocycles. The van der Waals surface area contributed by atoms with Crippen LogP contribution in [0.3, 0.4) is 0 Å². The van der Waals surface area contributed by atoms with Gasteiger partial charge in [0.05, 0.1) is 12.2 Å². The van der Waals surface area contributed by atoms with E-state index < -0.39 is 0 Å². The Morgan fingerprint density at radius 3 is 2.45 bits per heavy atom. The lowest BCUT2D eigenvalue weighted by Gasteiger charge is -2.35. The Hall–Kier alpha value is -2.39. The fraction of sp³-hybridized carbons (Fsp3) is 0.636. The summed E-state index contributed by atoms with van der Waals surface area (Å²) in [4.78, 5) is 21.9. The molecular formula is C22H36FN7O. The van der Waals surface area contributed by atoms with Crippen LogP contribution in [0.2, 0.25) is 0 Å². The van der Waals surface area contributed by atoms with Gasteiger partial charge in [-0.2, -0.15) is 0 Å². The molecule has 0 unspecified atom stereocenters. The lowest BCUT2D eigenvalue weighted by Crippen LogP contribution is -2.49. The van der Waals surface area contributed by atoms with Gasteiger partial charge in [0.1, 0.15) is 5.82 Å². The van der Waals surface area contributed by atoms with Gasteiger partial charge in [-0.15, -0.1) is 0 Å². The molecule has 0 spiro atoms. The number of likely N-dealkylation sites (N-methyl/N-ethyl adjacent to an activating group) is 1. The summed E-state index contributed by atoms with van der Waals surface area (Å²) in [6, 6.07) is 5.77. The number of piperazine rings is 1. The molecule has 0 radical (unpaired) electrons. The van der Waals surface area contributed by atoms with Crippen LogP contribution in [-0.2, 0) is 11.3 Å². The maximum atomic E-state index is 14.8. The zero-order chi connectivity index (χ0) is 22.2. The molecule has 0 saturated carbocycles. The van der Waals surface area contributed by atoms with Gasteiger partial charge in [-0.3, -0.25) is 14.7 Å². The summed E-state index contributed by atoms with van der Waals surface area (Å²) < 4.78 is 14.8. The molecule has 3 rings (SSSR count). The third-order valence-corrected chi connectivity index (χ3v) is 6.16. The lowest BCUT2D eigenvalue weighted by molar-refractivity contribution is -0.119. The van der Waals surface area contributed by atoms with Crippen molar-refractivity contribution in [2.75, 3.05) is 64.3 Å². The molecular weight excluding hydrogens is 397 g/mol. The molecule has 0 bridgehead atoms. The highest BCUT2D eigenvalue weighted by molar-refractivity contribution is 5.80. The van der Waals surface area contributed by atoms with Crippen LogP contribution < -0.4 is 21.3 Å². The number of aliphatic imine (C=N–C) groups is 1. The van der Waals surface area contributed by atoms with Gasteiger partial charge in [-0.25, -0.2) is 4.39 Å². The largest absolute Gasteiger partial charge is 0.369 e. The monoisotopic (exact) mass is 433 g/mol. The van der Waals surface area contributed by atoms with Crippen LogP contribution in [0.25, 0.3) is 0 Å². The van der Waals surface area contributed by atoms with Gasteiger partial charge in [0.2, 0.25) is 5.91 Å². The number of hydrogen-bond donors (Lipinski definition) is 3. The van der Waals surface area contributed by atoms with Gasteiger partial charge >= 0.3 is 0 Å². The Kier molecular flexibility index (Phi) is 8.48. The minimum absolute atomic E-state index is 0.172. The second-order valence-electron chi connectivity index (χ2n) is 8.29. The number of amides is 1. The van der Waals surface area contributed by atoms with Crippen molar-refractivity contribution in [2.45, 2.75) is 32.4 Å². The molecule has 0 atom stereocenters. The number of piperidine rings is 1. The van der Waals surface area contributed by atoms with Crippen molar-refractivity contribution in [3.05, 3.63) is 29.6 Å². The third kappa shape index (κ3) is 6.80. The van der Waals surface area contributed by atoms with E-state index in [1.807, 2.05) is 12.1 Å². The number of nitrogens with zero attached hydrogens (tertiary/aromatic N) is 4. The topological polar surface area (TPSA) is 89.2 Å². The standard InChI is InChI=1S/C22H36FN7O/c1-3-28-10-12-30(13-11-28)20-5-4-17(14-19(20)23)15-26-22(25-2)27-18-6-8-29(9-7-18)16-21(24)31/h4-5,14,18H,3,6-13,15-16H2,1-2H3,(H2,24,31)(H2,25,26,27). The Morgan fingerprint density at radius 2 is 1.87 bits per heavy atom. The lowest BCUT2D eigenvalue weighted by atomic mass is 10.1. The first-order chi connectivity index (χ1) is 15.0. The van der Waals surface area contributed by atoms with Crippen LogP contribution in [-0.4, -0.2) is 87.1 Å². The van der Waals surface area contributed by atoms with E-state index in [0.717, 1.165) is 64.2 Å². The summed E-state index contributed by atoms with van der Waals surface area (Å²) >= 11 is 0. The molecule has 2 saturated heterocycles. The Balaban J connectivity index is 1.46. The van der Waals surface area contributed by atoms with Crippen LogP contribution >= 0.6 is 0 Å². The Bertz CT molecular complexity index is 756. The van der Waals surface area contributed by atoms with Crippen LogP contribution in [0.15, 0.2) is 23.2 Å².